The molecule has 0 saturated heterocycles. The van der Waals surface area contributed by atoms with Crippen molar-refractivity contribution in [3.8, 4) is 0 Å². The monoisotopic (exact) mass is 342 g/mol. The molecule has 0 spiro atoms. The molecule has 5 nitrogen and oxygen atoms in total. The van der Waals surface area contributed by atoms with Crippen LogP contribution in [0.5, 0.6) is 0 Å². The zero-order valence-corrected chi connectivity index (χ0v) is 14.4. The molecule has 4 rings (SSSR count). The molecule has 0 aliphatic carbocycles. The molecule has 1 aromatic heterocycles. The number of amides is 1. The normalized spacial score (nSPS) is 10.8. The van der Waals surface area contributed by atoms with E-state index in [2.05, 4.69) is 10.3 Å². The van der Waals surface area contributed by atoms with Gasteiger partial charge in [-0.1, -0.05) is 47.7 Å². The standard InChI is InChI=1S/C21H18N4O/c1-24(18-7-3-2-4-8-18)21(26)17-13-11-16(12-14-17)15-25-20-10-6-5-9-19(20)22-23-25/h2-14H,15H2,1H3. The molecule has 128 valence electrons. The van der Waals surface area contributed by atoms with Crippen molar-refractivity contribution in [2.45, 2.75) is 6.54 Å². The number of rotatable bonds is 4. The van der Waals surface area contributed by atoms with Crippen molar-refractivity contribution in [1.82, 2.24) is 15.0 Å². The molecular formula is C21H18N4O. The number of nitrogens with zero attached hydrogens (tertiary/aromatic N) is 4. The Balaban J connectivity index is 1.52. The van der Waals surface area contributed by atoms with Crippen LogP contribution in [0.1, 0.15) is 15.9 Å². The maximum absolute atomic E-state index is 12.6. The molecule has 0 aliphatic heterocycles. The molecule has 26 heavy (non-hydrogen) atoms. The number of hydrogen-bond donors (Lipinski definition) is 0. The van der Waals surface area contributed by atoms with Gasteiger partial charge in [0.25, 0.3) is 5.91 Å². The molecule has 3 aromatic carbocycles. The maximum Gasteiger partial charge on any atom is 0.258 e. The van der Waals surface area contributed by atoms with Crippen LogP contribution in [-0.4, -0.2) is 27.9 Å². The zero-order valence-electron chi connectivity index (χ0n) is 14.4. The van der Waals surface area contributed by atoms with E-state index < -0.39 is 0 Å². The van der Waals surface area contributed by atoms with Crippen molar-refractivity contribution in [2.24, 2.45) is 0 Å². The van der Waals surface area contributed by atoms with E-state index in [0.29, 0.717) is 12.1 Å². The lowest BCUT2D eigenvalue weighted by Gasteiger charge is -2.17. The van der Waals surface area contributed by atoms with Crippen LogP contribution in [-0.2, 0) is 6.54 Å². The van der Waals surface area contributed by atoms with Crippen LogP contribution in [0, 0.1) is 0 Å². The molecule has 0 saturated carbocycles. The summed E-state index contributed by atoms with van der Waals surface area (Å²) < 4.78 is 1.86. The molecule has 0 unspecified atom stereocenters. The third-order valence-electron chi connectivity index (χ3n) is 4.40. The summed E-state index contributed by atoms with van der Waals surface area (Å²) in [4.78, 5) is 14.3. The van der Waals surface area contributed by atoms with Gasteiger partial charge < -0.3 is 4.90 Å². The van der Waals surface area contributed by atoms with Gasteiger partial charge in [-0.25, -0.2) is 4.68 Å². The summed E-state index contributed by atoms with van der Waals surface area (Å²) in [7, 11) is 1.78. The summed E-state index contributed by atoms with van der Waals surface area (Å²) in [5, 5.41) is 8.38. The lowest BCUT2D eigenvalue weighted by Crippen LogP contribution is -2.26. The highest BCUT2D eigenvalue weighted by molar-refractivity contribution is 6.05. The Morgan fingerprint density at radius 3 is 2.38 bits per heavy atom. The number of carbonyl (C=O) groups excluding carboxylic acids is 1. The zero-order chi connectivity index (χ0) is 17.9. The average Bonchev–Trinajstić information content (AvgIpc) is 3.11. The predicted molar refractivity (Wildman–Crippen MR) is 102 cm³/mol. The largest absolute Gasteiger partial charge is 0.311 e. The van der Waals surface area contributed by atoms with E-state index in [0.717, 1.165) is 22.3 Å². The highest BCUT2D eigenvalue weighted by Gasteiger charge is 2.13. The molecule has 0 N–H and O–H groups in total. The van der Waals surface area contributed by atoms with Gasteiger partial charge >= 0.3 is 0 Å². The fraction of sp³-hybridized carbons (Fsp3) is 0.0952. The van der Waals surface area contributed by atoms with E-state index in [1.807, 2.05) is 83.5 Å². The summed E-state index contributed by atoms with van der Waals surface area (Å²) in [5.41, 5.74) is 4.47. The van der Waals surface area contributed by atoms with E-state index in [-0.39, 0.29) is 5.91 Å². The number of anilines is 1. The Morgan fingerprint density at radius 1 is 0.923 bits per heavy atom. The van der Waals surface area contributed by atoms with Crippen LogP contribution < -0.4 is 4.90 Å². The van der Waals surface area contributed by atoms with Gasteiger partial charge in [-0.2, -0.15) is 0 Å². The Morgan fingerprint density at radius 2 is 1.62 bits per heavy atom. The summed E-state index contributed by atoms with van der Waals surface area (Å²) >= 11 is 0. The van der Waals surface area contributed by atoms with Crippen LogP contribution in [0.3, 0.4) is 0 Å². The number of benzene rings is 3. The minimum atomic E-state index is -0.0334. The lowest BCUT2D eigenvalue weighted by molar-refractivity contribution is 0.0993. The van der Waals surface area contributed by atoms with E-state index >= 15 is 0 Å². The molecule has 0 atom stereocenters. The lowest BCUT2D eigenvalue weighted by atomic mass is 10.1. The van der Waals surface area contributed by atoms with Crippen molar-refractivity contribution in [3.05, 3.63) is 90.0 Å². The van der Waals surface area contributed by atoms with Crippen molar-refractivity contribution in [3.63, 3.8) is 0 Å². The molecule has 5 heteroatoms. The maximum atomic E-state index is 12.6. The molecule has 1 heterocycles. The number of aromatic nitrogens is 3. The molecule has 1 amide bonds. The van der Waals surface area contributed by atoms with Crippen LogP contribution in [0.25, 0.3) is 11.0 Å². The number of fused-ring (bicyclic) bond motifs is 1. The topological polar surface area (TPSA) is 51.0 Å². The number of carbonyl (C=O) groups is 1. The fourth-order valence-electron chi connectivity index (χ4n) is 2.92. The second-order valence-electron chi connectivity index (χ2n) is 6.13. The molecule has 0 bridgehead atoms. The van der Waals surface area contributed by atoms with E-state index in [1.165, 1.54) is 0 Å². The molecular weight excluding hydrogens is 324 g/mol. The summed E-state index contributed by atoms with van der Waals surface area (Å²) in [6.07, 6.45) is 0. The molecule has 4 aromatic rings. The van der Waals surface area contributed by atoms with Crippen LogP contribution >= 0.6 is 0 Å². The first-order valence-electron chi connectivity index (χ1n) is 8.42. The van der Waals surface area contributed by atoms with Gasteiger partial charge in [0.1, 0.15) is 5.52 Å². The first-order chi connectivity index (χ1) is 12.7. The summed E-state index contributed by atoms with van der Waals surface area (Å²) in [6.45, 7) is 0.615. The van der Waals surface area contributed by atoms with Gasteiger partial charge in [0.15, 0.2) is 0 Å². The first-order valence-corrected chi connectivity index (χ1v) is 8.42. The van der Waals surface area contributed by atoms with Gasteiger partial charge in [-0.15, -0.1) is 5.10 Å². The highest BCUT2D eigenvalue weighted by Crippen LogP contribution is 2.16. The predicted octanol–water partition coefficient (Wildman–Crippen LogP) is 3.76. The summed E-state index contributed by atoms with van der Waals surface area (Å²) in [6, 6.07) is 25.1. The molecule has 0 fully saturated rings. The van der Waals surface area contributed by atoms with Gasteiger partial charge in [0.2, 0.25) is 0 Å². The first kappa shape index (κ1) is 16.0. The van der Waals surface area contributed by atoms with Crippen molar-refractivity contribution in [2.75, 3.05) is 11.9 Å². The number of para-hydroxylation sites is 2. The van der Waals surface area contributed by atoms with E-state index in [4.69, 9.17) is 0 Å². The number of hydrogen-bond acceptors (Lipinski definition) is 3. The van der Waals surface area contributed by atoms with E-state index in [9.17, 15) is 4.79 Å². The van der Waals surface area contributed by atoms with Gasteiger partial charge in [-0.05, 0) is 42.0 Å². The quantitative estimate of drug-likeness (QED) is 0.567. The van der Waals surface area contributed by atoms with E-state index in [1.54, 1.807) is 11.9 Å². The third-order valence-corrected chi connectivity index (χ3v) is 4.40. The van der Waals surface area contributed by atoms with Crippen molar-refractivity contribution >= 4 is 22.6 Å². The second kappa shape index (κ2) is 6.80. The van der Waals surface area contributed by atoms with Gasteiger partial charge in [0, 0.05) is 18.3 Å². The minimum absolute atomic E-state index is 0.0334. The van der Waals surface area contributed by atoms with Gasteiger partial charge in [-0.3, -0.25) is 4.79 Å². The van der Waals surface area contributed by atoms with Gasteiger partial charge in [0.05, 0.1) is 12.1 Å². The summed E-state index contributed by atoms with van der Waals surface area (Å²) in [5.74, 6) is -0.0334. The SMILES string of the molecule is CN(C(=O)c1ccc(Cn2nnc3ccccc32)cc1)c1ccccc1. The molecule has 0 aliphatic rings. The van der Waals surface area contributed by atoms with Crippen molar-refractivity contribution in [1.29, 1.82) is 0 Å². The Hall–Kier alpha value is -3.47. The fourth-order valence-corrected chi connectivity index (χ4v) is 2.92. The average molecular weight is 342 g/mol. The van der Waals surface area contributed by atoms with Crippen LogP contribution in [0.4, 0.5) is 5.69 Å². The van der Waals surface area contributed by atoms with Crippen LogP contribution in [0.15, 0.2) is 78.9 Å². The van der Waals surface area contributed by atoms with Crippen LogP contribution in [0.2, 0.25) is 0 Å². The third kappa shape index (κ3) is 3.07. The second-order valence-corrected chi connectivity index (χ2v) is 6.13. The highest BCUT2D eigenvalue weighted by atomic mass is 16.2. The Labute approximate surface area is 151 Å². The minimum Gasteiger partial charge on any atom is -0.311 e. The Kier molecular flexibility index (Phi) is 4.19. The van der Waals surface area contributed by atoms with Crippen molar-refractivity contribution < 1.29 is 4.79 Å². The molecule has 0 radical (unpaired) electrons. The Bertz CT molecular complexity index is 1040. The smallest absolute Gasteiger partial charge is 0.258 e.